The van der Waals surface area contributed by atoms with Crippen LogP contribution >= 0.6 is 0 Å². The SMILES string of the molecule is CCn1c2c(c(=O)c3ccccc31)C=CCC2. The Kier molecular flexibility index (Phi) is 2.36. The molecule has 86 valence electrons. The number of hydrogen-bond acceptors (Lipinski definition) is 1. The first kappa shape index (κ1) is 10.3. The number of hydrogen-bond donors (Lipinski definition) is 0. The number of pyridine rings is 1. The highest BCUT2D eigenvalue weighted by molar-refractivity contribution is 5.82. The molecule has 0 saturated heterocycles. The first-order valence-corrected chi connectivity index (χ1v) is 6.14. The van der Waals surface area contributed by atoms with Gasteiger partial charge < -0.3 is 4.57 Å². The van der Waals surface area contributed by atoms with Crippen LogP contribution in [0.15, 0.2) is 35.1 Å². The third-order valence-corrected chi connectivity index (χ3v) is 3.47. The Bertz CT molecular complexity index is 664. The van der Waals surface area contributed by atoms with Crippen LogP contribution < -0.4 is 5.43 Å². The number of allylic oxidation sites excluding steroid dienone is 1. The lowest BCUT2D eigenvalue weighted by Gasteiger charge is -2.19. The zero-order valence-electron chi connectivity index (χ0n) is 9.94. The van der Waals surface area contributed by atoms with Gasteiger partial charge in [0.2, 0.25) is 0 Å². The smallest absolute Gasteiger partial charge is 0.196 e. The molecule has 0 saturated carbocycles. The molecule has 3 rings (SSSR count). The van der Waals surface area contributed by atoms with Gasteiger partial charge in [-0.2, -0.15) is 0 Å². The number of aryl methyl sites for hydroxylation is 1. The Morgan fingerprint density at radius 3 is 2.94 bits per heavy atom. The van der Waals surface area contributed by atoms with Gasteiger partial charge in [0, 0.05) is 23.2 Å². The van der Waals surface area contributed by atoms with Crippen LogP contribution in [0.3, 0.4) is 0 Å². The summed E-state index contributed by atoms with van der Waals surface area (Å²) >= 11 is 0. The molecule has 0 spiro atoms. The average molecular weight is 225 g/mol. The summed E-state index contributed by atoms with van der Waals surface area (Å²) in [6.07, 6.45) is 6.09. The number of fused-ring (bicyclic) bond motifs is 2. The molecule has 2 heteroatoms. The van der Waals surface area contributed by atoms with Crippen molar-refractivity contribution in [2.75, 3.05) is 0 Å². The van der Waals surface area contributed by atoms with Crippen molar-refractivity contribution >= 4 is 17.0 Å². The lowest BCUT2D eigenvalue weighted by molar-refractivity contribution is 0.715. The minimum absolute atomic E-state index is 0.177. The Morgan fingerprint density at radius 2 is 2.12 bits per heavy atom. The summed E-state index contributed by atoms with van der Waals surface area (Å²) in [5.74, 6) is 0. The van der Waals surface area contributed by atoms with Crippen molar-refractivity contribution in [3.63, 3.8) is 0 Å². The van der Waals surface area contributed by atoms with Gasteiger partial charge in [-0.15, -0.1) is 0 Å². The minimum Gasteiger partial charge on any atom is -0.344 e. The van der Waals surface area contributed by atoms with E-state index in [0.29, 0.717) is 0 Å². The lowest BCUT2D eigenvalue weighted by Crippen LogP contribution is -2.19. The molecule has 17 heavy (non-hydrogen) atoms. The third-order valence-electron chi connectivity index (χ3n) is 3.47. The Hall–Kier alpha value is -1.83. The van der Waals surface area contributed by atoms with Crippen molar-refractivity contribution in [2.45, 2.75) is 26.3 Å². The number of nitrogens with zero attached hydrogens (tertiary/aromatic N) is 1. The van der Waals surface area contributed by atoms with Gasteiger partial charge in [0.1, 0.15) is 0 Å². The fraction of sp³-hybridized carbons (Fsp3) is 0.267. The van der Waals surface area contributed by atoms with Crippen molar-refractivity contribution in [3.05, 3.63) is 51.8 Å². The average Bonchev–Trinajstić information content (AvgIpc) is 2.40. The van der Waals surface area contributed by atoms with E-state index >= 15 is 0 Å². The van der Waals surface area contributed by atoms with Gasteiger partial charge >= 0.3 is 0 Å². The molecular weight excluding hydrogens is 210 g/mol. The summed E-state index contributed by atoms with van der Waals surface area (Å²) in [5, 5.41) is 0.833. The molecule has 0 aliphatic heterocycles. The molecule has 1 aromatic carbocycles. The van der Waals surface area contributed by atoms with Crippen molar-refractivity contribution in [2.24, 2.45) is 0 Å². The topological polar surface area (TPSA) is 22.0 Å². The molecule has 0 bridgehead atoms. The van der Waals surface area contributed by atoms with Gasteiger partial charge in [-0.05, 0) is 31.9 Å². The molecule has 0 radical (unpaired) electrons. The standard InChI is InChI=1S/C15H15NO/c1-2-16-13-9-5-3-7-11(13)15(17)12-8-4-6-10-14(12)16/h3-5,7-9H,2,6,10H2,1H3. The maximum atomic E-state index is 12.4. The van der Waals surface area contributed by atoms with E-state index in [4.69, 9.17) is 0 Å². The maximum Gasteiger partial charge on any atom is 0.196 e. The summed E-state index contributed by atoms with van der Waals surface area (Å²) in [6, 6.07) is 7.90. The van der Waals surface area contributed by atoms with Crippen molar-refractivity contribution < 1.29 is 0 Å². The Morgan fingerprint density at radius 1 is 1.29 bits per heavy atom. The van der Waals surface area contributed by atoms with Crippen LogP contribution in [-0.2, 0) is 13.0 Å². The van der Waals surface area contributed by atoms with E-state index in [9.17, 15) is 4.79 Å². The quantitative estimate of drug-likeness (QED) is 0.731. The molecular formula is C15H15NO. The minimum atomic E-state index is 0.177. The van der Waals surface area contributed by atoms with E-state index in [1.807, 2.05) is 30.3 Å². The fourth-order valence-corrected chi connectivity index (χ4v) is 2.69. The van der Waals surface area contributed by atoms with Crippen molar-refractivity contribution in [1.29, 1.82) is 0 Å². The number of para-hydroxylation sites is 1. The molecule has 0 amide bonds. The van der Waals surface area contributed by atoms with Crippen LogP contribution in [0.25, 0.3) is 17.0 Å². The Balaban J connectivity index is 2.53. The summed E-state index contributed by atoms with van der Waals surface area (Å²) in [4.78, 5) is 12.4. The van der Waals surface area contributed by atoms with Crippen LogP contribution in [0.5, 0.6) is 0 Å². The lowest BCUT2D eigenvalue weighted by atomic mass is 9.99. The van der Waals surface area contributed by atoms with E-state index < -0.39 is 0 Å². The summed E-state index contributed by atoms with van der Waals surface area (Å²) in [6.45, 7) is 3.05. The van der Waals surface area contributed by atoms with Crippen LogP contribution in [0.2, 0.25) is 0 Å². The molecule has 1 aliphatic carbocycles. The van der Waals surface area contributed by atoms with Gasteiger partial charge in [0.15, 0.2) is 5.43 Å². The second kappa shape index (κ2) is 3.88. The summed E-state index contributed by atoms with van der Waals surface area (Å²) in [7, 11) is 0. The van der Waals surface area contributed by atoms with Gasteiger partial charge in [0.25, 0.3) is 0 Å². The van der Waals surface area contributed by atoms with E-state index in [0.717, 1.165) is 35.9 Å². The molecule has 1 heterocycles. The van der Waals surface area contributed by atoms with E-state index in [-0.39, 0.29) is 5.43 Å². The molecule has 2 aromatic rings. The number of rotatable bonds is 1. The fourth-order valence-electron chi connectivity index (χ4n) is 2.69. The summed E-state index contributed by atoms with van der Waals surface area (Å²) in [5.41, 5.74) is 3.32. The van der Waals surface area contributed by atoms with Crippen LogP contribution in [0.1, 0.15) is 24.6 Å². The number of benzene rings is 1. The highest BCUT2D eigenvalue weighted by Crippen LogP contribution is 2.21. The van der Waals surface area contributed by atoms with Gasteiger partial charge in [-0.3, -0.25) is 4.79 Å². The highest BCUT2D eigenvalue weighted by atomic mass is 16.1. The predicted molar refractivity (Wildman–Crippen MR) is 71.2 cm³/mol. The monoisotopic (exact) mass is 225 g/mol. The molecule has 0 N–H and O–H groups in total. The summed E-state index contributed by atoms with van der Waals surface area (Å²) < 4.78 is 2.27. The first-order valence-electron chi connectivity index (χ1n) is 6.14. The molecule has 2 nitrogen and oxygen atoms in total. The zero-order valence-corrected chi connectivity index (χ0v) is 9.94. The molecule has 1 aliphatic rings. The van der Waals surface area contributed by atoms with Crippen LogP contribution in [0, 0.1) is 0 Å². The molecule has 0 atom stereocenters. The highest BCUT2D eigenvalue weighted by Gasteiger charge is 2.15. The van der Waals surface area contributed by atoms with E-state index in [1.54, 1.807) is 0 Å². The van der Waals surface area contributed by atoms with Gasteiger partial charge in [-0.25, -0.2) is 0 Å². The van der Waals surface area contributed by atoms with Crippen LogP contribution in [0.4, 0.5) is 0 Å². The largest absolute Gasteiger partial charge is 0.344 e. The normalized spacial score (nSPS) is 13.9. The molecule has 1 aromatic heterocycles. The van der Waals surface area contributed by atoms with Crippen LogP contribution in [-0.4, -0.2) is 4.57 Å². The zero-order chi connectivity index (χ0) is 11.8. The van der Waals surface area contributed by atoms with Crippen molar-refractivity contribution in [1.82, 2.24) is 4.57 Å². The number of aromatic nitrogens is 1. The second-order valence-corrected chi connectivity index (χ2v) is 4.39. The maximum absolute atomic E-state index is 12.4. The van der Waals surface area contributed by atoms with E-state index in [1.165, 1.54) is 5.69 Å². The van der Waals surface area contributed by atoms with Gasteiger partial charge in [0.05, 0.1) is 5.52 Å². The predicted octanol–water partition coefficient (Wildman–Crippen LogP) is 2.98. The Labute approximate surface area is 100 Å². The molecule has 0 fully saturated rings. The van der Waals surface area contributed by atoms with E-state index in [2.05, 4.69) is 17.6 Å². The second-order valence-electron chi connectivity index (χ2n) is 4.39. The van der Waals surface area contributed by atoms with Crippen molar-refractivity contribution in [3.8, 4) is 0 Å². The van der Waals surface area contributed by atoms with Gasteiger partial charge in [-0.1, -0.05) is 24.3 Å². The third kappa shape index (κ3) is 1.44. The first-order chi connectivity index (χ1) is 8.33. The molecule has 0 unspecified atom stereocenters.